The van der Waals surface area contributed by atoms with Gasteiger partial charge in [0.15, 0.2) is 0 Å². The number of pyridine rings is 1. The summed E-state index contributed by atoms with van der Waals surface area (Å²) in [6.45, 7) is 2.09. The Balaban J connectivity index is 0.000000497. The molecule has 0 bridgehead atoms. The largest absolute Gasteiger partial charge is 0.490 e. The summed E-state index contributed by atoms with van der Waals surface area (Å²) in [7, 11) is 0. The highest BCUT2D eigenvalue weighted by molar-refractivity contribution is 6.48. The first-order valence-corrected chi connectivity index (χ1v) is 7.91. The van der Waals surface area contributed by atoms with E-state index in [9.17, 15) is 0 Å². The minimum atomic E-state index is -0.833. The molecule has 1 amide bonds. The van der Waals surface area contributed by atoms with E-state index in [0.717, 1.165) is 31.4 Å². The zero-order chi connectivity index (χ0) is 15.5. The maximum atomic E-state index is 8.58. The molecule has 3 rings (SSSR count). The van der Waals surface area contributed by atoms with Gasteiger partial charge in [0.1, 0.15) is 16.7 Å². The van der Waals surface area contributed by atoms with Crippen LogP contribution in [0.3, 0.4) is 0 Å². The lowest BCUT2D eigenvalue weighted by molar-refractivity contribution is -0.106. The highest BCUT2D eigenvalue weighted by Gasteiger charge is 2.28. The standard InChI is InChI=1S/C14H17Cl2NO.CH3NO/c1-14(15,16)8-18-13-9-4-2-6-11(9)17-12-7-3-5-10(12)13;2-1-3/h2-8H2,1H3;1H,(H2,2,3). The molecule has 0 radical (unpaired) electrons. The van der Waals surface area contributed by atoms with Crippen LogP contribution in [0.5, 0.6) is 5.75 Å². The maximum Gasteiger partial charge on any atom is 0.204 e. The van der Waals surface area contributed by atoms with Crippen LogP contribution in [0.4, 0.5) is 0 Å². The molecule has 0 saturated heterocycles. The van der Waals surface area contributed by atoms with Gasteiger partial charge in [-0.3, -0.25) is 9.78 Å². The summed E-state index contributed by atoms with van der Waals surface area (Å²) in [5.41, 5.74) is 9.23. The second-order valence-electron chi connectivity index (χ2n) is 5.49. The van der Waals surface area contributed by atoms with Crippen LogP contribution >= 0.6 is 23.2 Å². The van der Waals surface area contributed by atoms with Crippen LogP contribution in [0.2, 0.25) is 0 Å². The van der Waals surface area contributed by atoms with Crippen molar-refractivity contribution in [1.29, 1.82) is 0 Å². The fraction of sp³-hybridized carbons (Fsp3) is 0.600. The van der Waals surface area contributed by atoms with Gasteiger partial charge in [0.2, 0.25) is 6.41 Å². The molecule has 0 spiro atoms. The van der Waals surface area contributed by atoms with Gasteiger partial charge >= 0.3 is 0 Å². The number of ether oxygens (including phenoxy) is 1. The Morgan fingerprint density at radius 3 is 2.10 bits per heavy atom. The first-order valence-electron chi connectivity index (χ1n) is 7.15. The fourth-order valence-electron chi connectivity index (χ4n) is 2.91. The smallest absolute Gasteiger partial charge is 0.204 e. The summed E-state index contributed by atoms with van der Waals surface area (Å²) in [4.78, 5) is 13.4. The summed E-state index contributed by atoms with van der Waals surface area (Å²) < 4.78 is 5.12. The molecule has 116 valence electrons. The van der Waals surface area contributed by atoms with E-state index >= 15 is 0 Å². The molecule has 2 aliphatic rings. The third kappa shape index (κ3) is 4.01. The predicted octanol–water partition coefficient (Wildman–Crippen LogP) is 2.73. The van der Waals surface area contributed by atoms with Gasteiger partial charge in [0, 0.05) is 22.5 Å². The number of nitrogens with zero attached hydrogens (tertiary/aromatic N) is 1. The van der Waals surface area contributed by atoms with E-state index in [1.807, 2.05) is 0 Å². The molecule has 6 heteroatoms. The van der Waals surface area contributed by atoms with E-state index in [1.54, 1.807) is 6.92 Å². The van der Waals surface area contributed by atoms with Crippen molar-refractivity contribution in [3.8, 4) is 5.75 Å². The molecular weight excluding hydrogens is 311 g/mol. The lowest BCUT2D eigenvalue weighted by Crippen LogP contribution is -2.19. The van der Waals surface area contributed by atoms with Gasteiger partial charge in [0.25, 0.3) is 0 Å². The maximum absolute atomic E-state index is 8.58. The number of hydrogen-bond donors (Lipinski definition) is 1. The molecule has 0 atom stereocenters. The van der Waals surface area contributed by atoms with Crippen LogP contribution in [0.1, 0.15) is 42.3 Å². The molecule has 0 aliphatic heterocycles. The number of alkyl halides is 2. The second kappa shape index (κ2) is 6.84. The summed E-state index contributed by atoms with van der Waals surface area (Å²) in [6, 6.07) is 0. The number of primary amides is 1. The van der Waals surface area contributed by atoms with Crippen LogP contribution < -0.4 is 10.5 Å². The van der Waals surface area contributed by atoms with Gasteiger partial charge in [-0.15, -0.1) is 0 Å². The van der Waals surface area contributed by atoms with Crippen LogP contribution in [0.15, 0.2) is 0 Å². The molecule has 1 heterocycles. The number of aryl methyl sites for hydroxylation is 2. The van der Waals surface area contributed by atoms with Gasteiger partial charge in [0.05, 0.1) is 0 Å². The third-order valence-electron chi connectivity index (χ3n) is 3.67. The van der Waals surface area contributed by atoms with E-state index < -0.39 is 4.33 Å². The summed E-state index contributed by atoms with van der Waals surface area (Å²) in [5.74, 6) is 1.04. The Kier molecular flexibility index (Phi) is 5.33. The van der Waals surface area contributed by atoms with E-state index in [2.05, 4.69) is 5.73 Å². The number of carbonyl (C=O) groups excluding carboxylic acids is 1. The van der Waals surface area contributed by atoms with Crippen molar-refractivity contribution in [2.24, 2.45) is 5.73 Å². The highest BCUT2D eigenvalue weighted by Crippen LogP contribution is 2.39. The lowest BCUT2D eigenvalue weighted by Gasteiger charge is -2.19. The Bertz CT molecular complexity index is 495. The number of aromatic nitrogens is 1. The lowest BCUT2D eigenvalue weighted by atomic mass is 10.1. The van der Waals surface area contributed by atoms with Crippen molar-refractivity contribution in [3.05, 3.63) is 22.5 Å². The minimum Gasteiger partial charge on any atom is -0.490 e. The van der Waals surface area contributed by atoms with Gasteiger partial charge in [-0.2, -0.15) is 0 Å². The molecular formula is C15H20Cl2N2O2. The molecule has 0 unspecified atom stereocenters. The van der Waals surface area contributed by atoms with Crippen molar-refractivity contribution in [2.75, 3.05) is 6.61 Å². The normalized spacial score (nSPS) is 15.8. The predicted molar refractivity (Wildman–Crippen MR) is 84.1 cm³/mol. The molecule has 4 nitrogen and oxygen atoms in total. The van der Waals surface area contributed by atoms with E-state index in [0.29, 0.717) is 6.61 Å². The minimum absolute atomic E-state index is 0.250. The molecule has 2 N–H and O–H groups in total. The summed E-state index contributed by atoms with van der Waals surface area (Å²) >= 11 is 12.0. The van der Waals surface area contributed by atoms with Gasteiger partial charge in [-0.25, -0.2) is 0 Å². The van der Waals surface area contributed by atoms with Crippen molar-refractivity contribution >= 4 is 29.6 Å². The van der Waals surface area contributed by atoms with Crippen LogP contribution in [-0.2, 0) is 30.5 Å². The van der Waals surface area contributed by atoms with Crippen molar-refractivity contribution in [3.63, 3.8) is 0 Å². The topological polar surface area (TPSA) is 65.2 Å². The van der Waals surface area contributed by atoms with E-state index in [-0.39, 0.29) is 6.41 Å². The van der Waals surface area contributed by atoms with Gasteiger partial charge in [-0.1, -0.05) is 23.2 Å². The van der Waals surface area contributed by atoms with Crippen molar-refractivity contribution < 1.29 is 9.53 Å². The molecule has 0 fully saturated rings. The zero-order valence-corrected chi connectivity index (χ0v) is 13.6. The number of halogens is 2. The Morgan fingerprint density at radius 2 is 1.67 bits per heavy atom. The van der Waals surface area contributed by atoms with E-state index in [4.69, 9.17) is 37.7 Å². The van der Waals surface area contributed by atoms with E-state index in [1.165, 1.54) is 35.4 Å². The molecule has 0 saturated carbocycles. The monoisotopic (exact) mass is 330 g/mol. The average molecular weight is 331 g/mol. The van der Waals surface area contributed by atoms with Crippen LogP contribution in [0.25, 0.3) is 0 Å². The Labute approximate surface area is 135 Å². The number of nitrogens with two attached hydrogens (primary N) is 1. The average Bonchev–Trinajstić information content (AvgIpc) is 3.01. The molecule has 21 heavy (non-hydrogen) atoms. The second-order valence-corrected chi connectivity index (χ2v) is 7.36. The van der Waals surface area contributed by atoms with Crippen molar-refractivity contribution in [1.82, 2.24) is 4.98 Å². The summed E-state index contributed by atoms with van der Waals surface area (Å²) in [6.07, 6.45) is 6.93. The Morgan fingerprint density at radius 1 is 1.19 bits per heavy atom. The molecule has 2 aliphatic carbocycles. The number of amides is 1. The van der Waals surface area contributed by atoms with Crippen molar-refractivity contribution in [2.45, 2.75) is 49.8 Å². The first-order chi connectivity index (χ1) is 9.96. The summed E-state index contributed by atoms with van der Waals surface area (Å²) in [5, 5.41) is 0. The van der Waals surface area contributed by atoms with Crippen LogP contribution in [0, 0.1) is 0 Å². The third-order valence-corrected chi connectivity index (χ3v) is 3.88. The van der Waals surface area contributed by atoms with Gasteiger partial charge in [-0.05, 0) is 45.4 Å². The Hall–Kier alpha value is -1.00. The highest BCUT2D eigenvalue weighted by atomic mass is 35.5. The number of hydrogen-bond acceptors (Lipinski definition) is 3. The first kappa shape index (κ1) is 16.4. The SMILES string of the molecule is CC(Cl)(Cl)COc1c2c(nc3c1CCC3)CCC2.NC=O. The quantitative estimate of drug-likeness (QED) is 0.684. The molecule has 1 aromatic rings. The number of fused-ring (bicyclic) bond motifs is 2. The molecule has 1 aromatic heterocycles. The fourth-order valence-corrected chi connectivity index (χ4v) is 3.02. The number of rotatable bonds is 3. The number of carbonyl (C=O) groups is 1. The van der Waals surface area contributed by atoms with Gasteiger partial charge < -0.3 is 10.5 Å². The van der Waals surface area contributed by atoms with Crippen LogP contribution in [-0.4, -0.2) is 22.3 Å². The zero-order valence-electron chi connectivity index (χ0n) is 12.1. The molecule has 0 aromatic carbocycles.